The van der Waals surface area contributed by atoms with E-state index in [2.05, 4.69) is 0 Å². The fourth-order valence-corrected chi connectivity index (χ4v) is 1.76. The second-order valence-corrected chi connectivity index (χ2v) is 4.33. The van der Waals surface area contributed by atoms with Crippen molar-refractivity contribution >= 4 is 11.8 Å². The molecular weight excluding hydrogens is 300 g/mol. The van der Waals surface area contributed by atoms with Crippen LogP contribution in [0.1, 0.15) is 17.3 Å². The van der Waals surface area contributed by atoms with Crippen LogP contribution in [0, 0.1) is 0 Å². The third-order valence-electron chi connectivity index (χ3n) is 2.87. The maximum Gasteiger partial charge on any atom is 0.331 e. The van der Waals surface area contributed by atoms with E-state index in [1.54, 1.807) is 12.2 Å². The second kappa shape index (κ2) is 9.30. The van der Waals surface area contributed by atoms with Gasteiger partial charge in [-0.2, -0.15) is 0 Å². The highest BCUT2D eigenvalue weighted by Gasteiger charge is 2.17. The molecule has 0 saturated carbocycles. The van der Waals surface area contributed by atoms with Gasteiger partial charge in [0.2, 0.25) is 11.5 Å². The molecule has 0 N–H and O–H groups in total. The zero-order valence-corrected chi connectivity index (χ0v) is 13.6. The van der Waals surface area contributed by atoms with Gasteiger partial charge < -0.3 is 18.9 Å². The summed E-state index contributed by atoms with van der Waals surface area (Å²) in [4.78, 5) is 23.6. The Bertz CT molecular complexity index is 591. The largest absolute Gasteiger partial charge is 0.493 e. The summed E-state index contributed by atoms with van der Waals surface area (Å²) in [6, 6.07) is 3.01. The van der Waals surface area contributed by atoms with Crippen molar-refractivity contribution in [2.24, 2.45) is 0 Å². The Hall–Kier alpha value is -2.76. The van der Waals surface area contributed by atoms with E-state index in [4.69, 9.17) is 18.9 Å². The first-order chi connectivity index (χ1) is 11.1. The van der Waals surface area contributed by atoms with Crippen LogP contribution in [-0.4, -0.2) is 39.7 Å². The average molecular weight is 320 g/mol. The standard InChI is InChI=1S/C17H20O6/c1-5-6-7-8-16(19)23-11-13(18)12-9-14(20-2)17(22-4)15(10-12)21-3/h5-10H,11H2,1-4H3/b6-5+,8-7+. The van der Waals surface area contributed by atoms with Crippen LogP contribution in [0.4, 0.5) is 0 Å². The molecule has 6 nitrogen and oxygen atoms in total. The van der Waals surface area contributed by atoms with Gasteiger partial charge in [-0.25, -0.2) is 4.79 Å². The third-order valence-corrected chi connectivity index (χ3v) is 2.87. The second-order valence-electron chi connectivity index (χ2n) is 4.33. The number of carbonyl (C=O) groups excluding carboxylic acids is 2. The van der Waals surface area contributed by atoms with Gasteiger partial charge in [-0.15, -0.1) is 0 Å². The van der Waals surface area contributed by atoms with Crippen molar-refractivity contribution < 1.29 is 28.5 Å². The Morgan fingerprint density at radius 2 is 1.61 bits per heavy atom. The first kappa shape index (κ1) is 18.3. The van der Waals surface area contributed by atoms with Crippen LogP contribution >= 0.6 is 0 Å². The van der Waals surface area contributed by atoms with Gasteiger partial charge in [-0.3, -0.25) is 4.79 Å². The number of methoxy groups -OCH3 is 3. The molecule has 0 aromatic heterocycles. The van der Waals surface area contributed by atoms with Crippen LogP contribution < -0.4 is 14.2 Å². The monoisotopic (exact) mass is 320 g/mol. The van der Waals surface area contributed by atoms with E-state index in [-0.39, 0.29) is 12.4 Å². The molecule has 0 aliphatic carbocycles. The van der Waals surface area contributed by atoms with Crippen LogP contribution in [-0.2, 0) is 9.53 Å². The zero-order chi connectivity index (χ0) is 17.2. The van der Waals surface area contributed by atoms with Gasteiger partial charge in [-0.1, -0.05) is 18.2 Å². The van der Waals surface area contributed by atoms with E-state index in [1.165, 1.54) is 45.6 Å². The summed E-state index contributed by atoms with van der Waals surface area (Å²) in [5.41, 5.74) is 0.296. The SMILES string of the molecule is C/C=C/C=C/C(=O)OCC(=O)c1cc(OC)c(OC)c(OC)c1. The molecule has 124 valence electrons. The van der Waals surface area contributed by atoms with Crippen molar-refractivity contribution in [3.63, 3.8) is 0 Å². The quantitative estimate of drug-likeness (QED) is 0.317. The van der Waals surface area contributed by atoms with E-state index in [0.29, 0.717) is 22.8 Å². The fourth-order valence-electron chi connectivity index (χ4n) is 1.76. The van der Waals surface area contributed by atoms with E-state index in [0.717, 1.165) is 0 Å². The molecule has 0 spiro atoms. The van der Waals surface area contributed by atoms with E-state index >= 15 is 0 Å². The van der Waals surface area contributed by atoms with Crippen molar-refractivity contribution in [1.29, 1.82) is 0 Å². The highest BCUT2D eigenvalue weighted by molar-refractivity contribution is 5.99. The fraction of sp³-hybridized carbons (Fsp3) is 0.294. The minimum atomic E-state index is -0.594. The molecule has 0 aliphatic rings. The molecule has 0 aliphatic heterocycles. The molecule has 0 unspecified atom stereocenters. The van der Waals surface area contributed by atoms with Crippen molar-refractivity contribution in [1.82, 2.24) is 0 Å². The number of ether oxygens (including phenoxy) is 4. The number of carbonyl (C=O) groups is 2. The average Bonchev–Trinajstić information content (AvgIpc) is 2.58. The lowest BCUT2D eigenvalue weighted by molar-refractivity contribution is -0.136. The molecule has 0 fully saturated rings. The topological polar surface area (TPSA) is 71.1 Å². The van der Waals surface area contributed by atoms with Gasteiger partial charge in [0.1, 0.15) is 0 Å². The predicted octanol–water partition coefficient (Wildman–Crippen LogP) is 2.57. The van der Waals surface area contributed by atoms with E-state index in [1.807, 2.05) is 6.92 Å². The number of hydrogen-bond donors (Lipinski definition) is 0. The first-order valence-corrected chi connectivity index (χ1v) is 6.86. The lowest BCUT2D eigenvalue weighted by Gasteiger charge is -2.13. The number of allylic oxidation sites excluding steroid dienone is 3. The van der Waals surface area contributed by atoms with Crippen LogP contribution in [0.3, 0.4) is 0 Å². The lowest BCUT2D eigenvalue weighted by atomic mass is 10.1. The summed E-state index contributed by atoms with van der Waals surface area (Å²) in [6.07, 6.45) is 6.22. The Morgan fingerprint density at radius 3 is 2.09 bits per heavy atom. The smallest absolute Gasteiger partial charge is 0.331 e. The summed E-state index contributed by atoms with van der Waals surface area (Å²) in [5, 5.41) is 0. The summed E-state index contributed by atoms with van der Waals surface area (Å²) in [7, 11) is 4.38. The first-order valence-electron chi connectivity index (χ1n) is 6.86. The summed E-state index contributed by atoms with van der Waals surface area (Å²) >= 11 is 0. The molecule has 1 aromatic rings. The van der Waals surface area contributed by atoms with Crippen LogP contribution in [0.2, 0.25) is 0 Å². The number of ketones is 1. The molecule has 1 aromatic carbocycles. The molecule has 0 saturated heterocycles. The number of Topliss-reactive ketones (excluding diaryl/α,β-unsaturated/α-hetero) is 1. The zero-order valence-electron chi connectivity index (χ0n) is 13.6. The molecule has 0 amide bonds. The van der Waals surface area contributed by atoms with Gasteiger partial charge >= 0.3 is 5.97 Å². The number of hydrogen-bond acceptors (Lipinski definition) is 6. The molecular formula is C17H20O6. The van der Waals surface area contributed by atoms with Gasteiger partial charge in [-0.05, 0) is 19.1 Å². The summed E-state index contributed by atoms with van der Waals surface area (Å²) < 4.78 is 20.4. The van der Waals surface area contributed by atoms with E-state index in [9.17, 15) is 9.59 Å². The predicted molar refractivity (Wildman–Crippen MR) is 85.3 cm³/mol. The van der Waals surface area contributed by atoms with Crippen molar-refractivity contribution in [2.75, 3.05) is 27.9 Å². The lowest BCUT2D eigenvalue weighted by Crippen LogP contribution is -2.13. The maximum atomic E-state index is 12.1. The van der Waals surface area contributed by atoms with E-state index < -0.39 is 5.97 Å². The molecule has 1 rings (SSSR count). The van der Waals surface area contributed by atoms with Gasteiger partial charge in [0, 0.05) is 11.6 Å². The molecule has 6 heteroatoms. The molecule has 0 bridgehead atoms. The van der Waals surface area contributed by atoms with Gasteiger partial charge in [0.05, 0.1) is 21.3 Å². The third kappa shape index (κ3) is 5.18. The Labute approximate surface area is 135 Å². The summed E-state index contributed by atoms with van der Waals surface area (Å²) in [5.74, 6) is 0.128. The summed E-state index contributed by atoms with van der Waals surface area (Å²) in [6.45, 7) is 1.45. The number of rotatable bonds is 8. The van der Waals surface area contributed by atoms with Crippen LogP contribution in [0.5, 0.6) is 17.2 Å². The van der Waals surface area contributed by atoms with Crippen molar-refractivity contribution in [3.8, 4) is 17.2 Å². The van der Waals surface area contributed by atoms with Crippen molar-refractivity contribution in [3.05, 3.63) is 42.0 Å². The van der Waals surface area contributed by atoms with Gasteiger partial charge in [0.25, 0.3) is 0 Å². The number of benzene rings is 1. The van der Waals surface area contributed by atoms with Crippen LogP contribution in [0.25, 0.3) is 0 Å². The molecule has 0 radical (unpaired) electrons. The highest BCUT2D eigenvalue weighted by Crippen LogP contribution is 2.38. The minimum absolute atomic E-state index is 0.296. The Morgan fingerprint density at radius 1 is 1.00 bits per heavy atom. The highest BCUT2D eigenvalue weighted by atomic mass is 16.5. The van der Waals surface area contributed by atoms with Gasteiger partial charge in [0.15, 0.2) is 18.1 Å². The molecule has 0 heterocycles. The maximum absolute atomic E-state index is 12.1. The van der Waals surface area contributed by atoms with Crippen molar-refractivity contribution in [2.45, 2.75) is 6.92 Å². The number of esters is 1. The Kier molecular flexibility index (Phi) is 7.39. The normalized spacial score (nSPS) is 10.8. The minimum Gasteiger partial charge on any atom is -0.493 e. The van der Waals surface area contributed by atoms with Crippen LogP contribution in [0.15, 0.2) is 36.4 Å². The Balaban J connectivity index is 2.86. The molecule has 0 atom stereocenters. The molecule has 23 heavy (non-hydrogen) atoms.